The predicted molar refractivity (Wildman–Crippen MR) is 436 cm³/mol. The van der Waals surface area contributed by atoms with Crippen LogP contribution in [0, 0.1) is 6.92 Å². The van der Waals surface area contributed by atoms with Crippen LogP contribution in [0.1, 0.15) is 66.3 Å². The third-order valence-electron chi connectivity index (χ3n) is 14.9. The van der Waals surface area contributed by atoms with Crippen molar-refractivity contribution < 1.29 is 78.6 Å². The minimum absolute atomic E-state index is 0.0601. The van der Waals surface area contributed by atoms with Crippen LogP contribution in [0.5, 0.6) is 0 Å². The Hall–Kier alpha value is -9.38. The van der Waals surface area contributed by atoms with Gasteiger partial charge in [-0.3, -0.25) is 41.6 Å². The van der Waals surface area contributed by atoms with Crippen molar-refractivity contribution in [2.24, 2.45) is 0 Å². The maximum atomic E-state index is 12.2. The second-order valence-corrected chi connectivity index (χ2v) is 41.2. The Bertz CT molecular complexity index is 4880. The minimum Gasteiger partial charge on any atom is -0.394 e. The van der Waals surface area contributed by atoms with Crippen LogP contribution >= 0.6 is 28.8 Å². The van der Waals surface area contributed by atoms with E-state index in [1.807, 2.05) is 32.9 Å². The summed E-state index contributed by atoms with van der Waals surface area (Å²) >= 11 is 0. The molecule has 0 bridgehead atoms. The summed E-state index contributed by atoms with van der Waals surface area (Å²) in [5, 5.41) is 14.3. The average Bonchev–Trinajstić information content (AvgIpc) is 0.880. The number of benzene rings is 3. The molecule has 10 rings (SSSR count). The van der Waals surface area contributed by atoms with Crippen LogP contribution in [-0.2, 0) is 91.7 Å². The number of rotatable bonds is 29. The Kier molecular flexibility index (Phi) is 40.9. The number of anilines is 5. The molecule has 2 amide bonds. The second kappa shape index (κ2) is 48.1. The number of H-pyrrole nitrogens is 1. The molecular formula is C72H103N15O22P4S. The molecule has 2 fully saturated rings. The van der Waals surface area contributed by atoms with Crippen molar-refractivity contribution in [3.8, 4) is 0 Å². The number of epoxide rings is 1. The molecule has 0 radical (unpaired) electrons. The fourth-order valence-corrected chi connectivity index (χ4v) is 12.3. The number of nitrogens with one attached hydrogen (secondary N) is 3. The van der Waals surface area contributed by atoms with Crippen molar-refractivity contribution >= 4 is 86.1 Å². The molecule has 42 heteroatoms. The maximum Gasteiger partial charge on any atom is 0.349 e. The van der Waals surface area contributed by atoms with Crippen LogP contribution in [0.4, 0.5) is 29.1 Å². The summed E-state index contributed by atoms with van der Waals surface area (Å²) in [6.07, 6.45) is 10.4. The lowest BCUT2D eigenvalue weighted by atomic mass is 10.2. The smallest absolute Gasteiger partial charge is 0.349 e. The first-order valence-corrected chi connectivity index (χ1v) is 47.4. The summed E-state index contributed by atoms with van der Waals surface area (Å²) in [6, 6.07) is 31.3. The summed E-state index contributed by atoms with van der Waals surface area (Å²) in [5.41, 5.74) is 15.8. The number of carbonyl (C=O) groups excluding carboxylic acids is 3. The van der Waals surface area contributed by atoms with Crippen LogP contribution in [0.25, 0.3) is 0 Å². The lowest BCUT2D eigenvalue weighted by Crippen LogP contribution is -2.34. The van der Waals surface area contributed by atoms with Crippen molar-refractivity contribution in [3.63, 3.8) is 0 Å². The Morgan fingerprint density at radius 2 is 1.04 bits per heavy atom. The number of hydrogen-bond donors (Lipinski definition) is 7. The Morgan fingerprint density at radius 1 is 0.614 bits per heavy atom. The fraction of sp³-hybridized carbons (Fsp3) is 0.431. The third kappa shape index (κ3) is 40.1. The number of nitrogens with two attached hydrogens (primary N) is 3. The van der Waals surface area contributed by atoms with E-state index in [1.165, 1.54) is 74.1 Å². The first kappa shape index (κ1) is 97.0. The summed E-state index contributed by atoms with van der Waals surface area (Å²) in [7, 11) is -13.2. The largest absolute Gasteiger partial charge is 0.394 e. The monoisotopic (exact) mass is 1690 g/mol. The first-order chi connectivity index (χ1) is 53.6. The molecule has 37 nitrogen and oxygen atoms in total. The fourth-order valence-electron chi connectivity index (χ4n) is 8.75. The van der Waals surface area contributed by atoms with Gasteiger partial charge in [-0.1, -0.05) is 74.9 Å². The van der Waals surface area contributed by atoms with Crippen molar-refractivity contribution in [1.29, 1.82) is 0 Å². The highest BCUT2D eigenvalue weighted by atomic mass is 32.2. The molecule has 114 heavy (non-hydrogen) atoms. The van der Waals surface area contributed by atoms with Gasteiger partial charge in [0.15, 0.2) is 0 Å². The molecule has 6 atom stereocenters. The standard InChI is InChI=1S/C18H24N3O4P.C11H20N3O3P.C11H9N3O2.C10H18N3O4P.C9H14N3O4P.C9H10O4S.C4H8O/c1-4-15(25-13-26(2,3)24)12-21-11-10-16(20-18(21)23)19-17(22)14-8-6-5-7-9-14;1-4-9(17-8-18(2,3)16)7-14-6-5-10(12)13-11(14)15;15-10(8-4-2-1-3-5-8)13-9-6-7-12-11(16)14-9;1-18(2,16)7-17-8(6-14)5-13-4-3-9(11)12-10(13)15;1-17(14)6-15-7(5-16-17)4-12-3-2-8(10)11-9(12)13;1-8-2-4-9(5-3-8)14(11,12)13-7-6-10;1-2-4-3-5-4/h5-11,15H,4,12-13H2,1-3H3,(H,19,20,22,23);5-6,9H,4,7-8H2,1-3H3,(H2,12,13,15);1-7H,(H2,12,13,14,15,16);3-4,8,14H,5-7H2,1-2H3,(H2,11,12,15);2-3,7H,4-6H2,1H3,(H2,10,11,13);2-6H,7H2,1H3;4H,2-3H2,1H3/t15-;9-;;8-;7-,17?;;4-/m11.00.1/s1. The molecular weight excluding hydrogens is 1580 g/mol. The first-order valence-electron chi connectivity index (χ1n) is 35.4. The zero-order valence-corrected chi connectivity index (χ0v) is 69.8. The van der Waals surface area contributed by atoms with Crippen molar-refractivity contribution in [2.75, 3.05) is 126 Å². The molecule has 10 N–H and O–H groups in total. The van der Waals surface area contributed by atoms with E-state index in [0.717, 1.165) is 18.6 Å². The summed E-state index contributed by atoms with van der Waals surface area (Å²) in [4.78, 5) is 112. The topological polar surface area (TPSA) is 529 Å². The van der Waals surface area contributed by atoms with Crippen LogP contribution in [0.15, 0.2) is 175 Å². The van der Waals surface area contributed by atoms with Gasteiger partial charge in [-0.2, -0.15) is 28.4 Å². The molecule has 1 unspecified atom stereocenters. The third-order valence-corrected chi connectivity index (χ3v) is 19.8. The van der Waals surface area contributed by atoms with Gasteiger partial charge in [-0.15, -0.1) is 0 Å². The molecule has 0 aliphatic carbocycles. The van der Waals surface area contributed by atoms with Crippen molar-refractivity contribution in [1.82, 2.24) is 48.2 Å². The molecule has 5 aromatic heterocycles. The normalized spacial score (nSPS) is 15.7. The van der Waals surface area contributed by atoms with Gasteiger partial charge in [-0.25, -0.2) is 29.0 Å². The quantitative estimate of drug-likeness (QED) is 0.0111. The SMILES string of the molecule is CC[C@@H]1CO1.CC[C@H](Cn1ccc(N)nc1=O)OCP(C)(C)=O.CC[C@H](Cn1ccc(NC(=O)c2ccccc2)nc1=O)OCP(C)(C)=O.CP(C)(=O)CO[C@H](CO)Cn1ccc(N)nc1=O.CP1(=O)CO[C@@H](Cn2ccc(N)nc2=O)CO1.Cc1ccc(S(=O)(=O)OCC=O)cc1.O=C(Nc1ccnc(=O)[nH]1)c1ccccc1. The van der Waals surface area contributed by atoms with E-state index in [9.17, 15) is 65.0 Å². The van der Waals surface area contributed by atoms with Gasteiger partial charge in [0.2, 0.25) is 7.37 Å². The lowest BCUT2D eigenvalue weighted by Gasteiger charge is -2.27. The number of hydrogen-bond acceptors (Lipinski definition) is 30. The Balaban J connectivity index is 0.000000287. The number of ether oxygens (including phenoxy) is 5. The van der Waals surface area contributed by atoms with Crippen LogP contribution in [0.2, 0.25) is 0 Å². The molecule has 2 saturated heterocycles. The van der Waals surface area contributed by atoms with Gasteiger partial charge in [0.25, 0.3) is 21.9 Å². The predicted octanol–water partition coefficient (Wildman–Crippen LogP) is 6.68. The van der Waals surface area contributed by atoms with Gasteiger partial charge in [-0.05, 0) is 133 Å². The molecule has 3 aromatic carbocycles. The number of aryl methyl sites for hydroxylation is 1. The van der Waals surface area contributed by atoms with E-state index in [2.05, 4.69) is 51.6 Å². The van der Waals surface area contributed by atoms with Crippen molar-refractivity contribution in [3.05, 3.63) is 215 Å². The number of nitrogens with zero attached hydrogens (tertiary/aromatic N) is 9. The van der Waals surface area contributed by atoms with E-state index < -0.39 is 80.1 Å². The number of aliphatic hydroxyl groups excluding tert-OH is 1. The van der Waals surface area contributed by atoms with Crippen LogP contribution < -0.4 is 56.3 Å². The van der Waals surface area contributed by atoms with Gasteiger partial charge in [0.1, 0.15) is 75.9 Å². The average molecular weight is 1690 g/mol. The molecule has 7 heterocycles. The number of aliphatic hydroxyl groups is 1. The van der Waals surface area contributed by atoms with Crippen molar-refractivity contribution in [2.45, 2.75) is 109 Å². The number of carbonyl (C=O) groups is 3. The van der Waals surface area contributed by atoms with E-state index in [1.54, 1.807) is 131 Å². The molecule has 8 aromatic rings. The number of aromatic nitrogens is 10. The zero-order chi connectivity index (χ0) is 84.8. The highest BCUT2D eigenvalue weighted by Crippen LogP contribution is 2.45. The highest BCUT2D eigenvalue weighted by Gasteiger charge is 2.28. The van der Waals surface area contributed by atoms with Crippen LogP contribution in [-0.4, -0.2) is 209 Å². The highest BCUT2D eigenvalue weighted by molar-refractivity contribution is 7.86. The van der Waals surface area contributed by atoms with E-state index in [-0.39, 0.29) is 103 Å². The number of amides is 2. The minimum atomic E-state index is -3.77. The van der Waals surface area contributed by atoms with E-state index in [4.69, 9.17) is 50.5 Å². The lowest BCUT2D eigenvalue weighted by molar-refractivity contribution is -0.109. The summed E-state index contributed by atoms with van der Waals surface area (Å²) in [6.45, 7) is 20.9. The molecule has 2 aliphatic heterocycles. The Labute approximate surface area is 659 Å². The molecule has 624 valence electrons. The van der Waals surface area contributed by atoms with Gasteiger partial charge < -0.3 is 79.6 Å². The van der Waals surface area contributed by atoms with E-state index >= 15 is 0 Å². The number of aldehydes is 1. The molecule has 0 spiro atoms. The number of aromatic amines is 1. The molecule has 2 aliphatic rings. The van der Waals surface area contributed by atoms with Crippen LogP contribution in [0.3, 0.4) is 0 Å². The summed E-state index contributed by atoms with van der Waals surface area (Å²) in [5.74, 6) is 0.454. The number of nitrogen functional groups attached to an aromatic ring is 3. The zero-order valence-electron chi connectivity index (χ0n) is 65.4. The Morgan fingerprint density at radius 3 is 1.42 bits per heavy atom. The molecule has 0 saturated carbocycles. The van der Waals surface area contributed by atoms with Gasteiger partial charge in [0, 0.05) is 48.8 Å². The summed E-state index contributed by atoms with van der Waals surface area (Å²) < 4.78 is 111. The second-order valence-electron chi connectivity index (χ2n) is 26.8. The van der Waals surface area contributed by atoms with E-state index in [0.29, 0.717) is 55.4 Å². The maximum absolute atomic E-state index is 12.2. The van der Waals surface area contributed by atoms with Gasteiger partial charge >= 0.3 is 28.4 Å². The van der Waals surface area contributed by atoms with Gasteiger partial charge in [0.05, 0.1) is 94.4 Å².